The molecule has 0 aromatic carbocycles. The first-order chi connectivity index (χ1) is 14.4. The molecule has 1 unspecified atom stereocenters. The minimum atomic E-state index is -0.965. The molecule has 0 amide bonds. The summed E-state index contributed by atoms with van der Waals surface area (Å²) in [5, 5.41) is 9.97. The summed E-state index contributed by atoms with van der Waals surface area (Å²) in [6.45, 7) is 1.52. The molecule has 1 saturated carbocycles. The van der Waals surface area contributed by atoms with Crippen LogP contribution < -0.4 is 5.73 Å². The number of carbonyl (C=O) groups excluding carboxylic acids is 1. The van der Waals surface area contributed by atoms with Crippen LogP contribution in [-0.2, 0) is 20.7 Å². The van der Waals surface area contributed by atoms with Crippen LogP contribution in [0.4, 0.5) is 15.9 Å². The Balaban J connectivity index is 1.46. The van der Waals surface area contributed by atoms with Gasteiger partial charge in [-0.1, -0.05) is 19.3 Å². The van der Waals surface area contributed by atoms with Crippen molar-refractivity contribution >= 4 is 23.7 Å². The maximum Gasteiger partial charge on any atom is 0.310 e. The van der Waals surface area contributed by atoms with Crippen molar-refractivity contribution in [1.82, 2.24) is 9.97 Å². The van der Waals surface area contributed by atoms with Gasteiger partial charge in [-0.15, -0.1) is 0 Å². The molecular formula is C21H29FN4O4. The zero-order valence-electron chi connectivity index (χ0n) is 17.2. The summed E-state index contributed by atoms with van der Waals surface area (Å²) in [6, 6.07) is 0. The molecule has 0 bridgehead atoms. The van der Waals surface area contributed by atoms with E-state index in [0.717, 1.165) is 32.1 Å². The summed E-state index contributed by atoms with van der Waals surface area (Å²) in [5.74, 6) is -0.345. The molecule has 2 aliphatic heterocycles. The molecule has 3 heterocycles. The minimum absolute atomic E-state index is 0.0150. The summed E-state index contributed by atoms with van der Waals surface area (Å²) in [5.41, 5.74) is 5.70. The Hall–Kier alpha value is -2.13. The van der Waals surface area contributed by atoms with Gasteiger partial charge in [-0.2, -0.15) is 9.37 Å². The number of esters is 1. The van der Waals surface area contributed by atoms with Crippen LogP contribution in [-0.4, -0.2) is 51.7 Å². The van der Waals surface area contributed by atoms with Gasteiger partial charge in [0.25, 0.3) is 0 Å². The van der Waals surface area contributed by atoms with Crippen molar-refractivity contribution in [2.45, 2.75) is 76.1 Å². The zero-order chi connectivity index (χ0) is 21.3. The number of rotatable bonds is 4. The Morgan fingerprint density at radius 2 is 2.10 bits per heavy atom. The maximum atomic E-state index is 13.5. The Labute approximate surface area is 175 Å². The largest absolute Gasteiger partial charge is 0.459 e. The van der Waals surface area contributed by atoms with Gasteiger partial charge in [-0.05, 0) is 32.6 Å². The van der Waals surface area contributed by atoms with E-state index in [4.69, 9.17) is 15.2 Å². The van der Waals surface area contributed by atoms with E-state index in [1.165, 1.54) is 0 Å². The average Bonchev–Trinajstić information content (AvgIpc) is 2.91. The number of ether oxygens (including phenoxy) is 2. The Morgan fingerprint density at radius 1 is 1.33 bits per heavy atom. The third-order valence-electron chi connectivity index (χ3n) is 6.60. The number of aryl methyl sites for hydroxylation is 1. The summed E-state index contributed by atoms with van der Waals surface area (Å²) in [6.07, 6.45) is 6.61. The van der Waals surface area contributed by atoms with E-state index in [0.29, 0.717) is 30.6 Å². The summed E-state index contributed by atoms with van der Waals surface area (Å²) >= 11 is 0. The quantitative estimate of drug-likeness (QED) is 0.567. The van der Waals surface area contributed by atoms with Crippen LogP contribution in [0.5, 0.6) is 0 Å². The van der Waals surface area contributed by atoms with Crippen LogP contribution in [0, 0.1) is 17.9 Å². The van der Waals surface area contributed by atoms with Crippen LogP contribution >= 0.6 is 0 Å². The molecule has 4 rings (SSSR count). The van der Waals surface area contributed by atoms with E-state index in [-0.39, 0.29) is 36.3 Å². The number of nitrogen functional groups attached to an aromatic ring is 1. The fraction of sp³-hybridized carbons (Fsp3) is 0.714. The lowest BCUT2D eigenvalue weighted by Crippen LogP contribution is -2.43. The normalized spacial score (nSPS) is 31.9. The molecule has 8 nitrogen and oxygen atoms in total. The summed E-state index contributed by atoms with van der Waals surface area (Å²) < 4.78 is 25.5. The molecule has 30 heavy (non-hydrogen) atoms. The number of hydrogen-bond donors (Lipinski definition) is 2. The van der Waals surface area contributed by atoms with Gasteiger partial charge >= 0.3 is 12.0 Å². The number of aliphatic imine (C=N–C) groups is 1. The topological polar surface area (TPSA) is 120 Å². The Morgan fingerprint density at radius 3 is 2.83 bits per heavy atom. The summed E-state index contributed by atoms with van der Waals surface area (Å²) in [4.78, 5) is 24.4. The molecule has 1 aromatic heterocycles. The molecule has 3 aliphatic rings. The highest BCUT2D eigenvalue weighted by Gasteiger charge is 2.49. The van der Waals surface area contributed by atoms with Crippen LogP contribution in [0.1, 0.15) is 57.6 Å². The van der Waals surface area contributed by atoms with Crippen molar-refractivity contribution < 1.29 is 23.8 Å². The van der Waals surface area contributed by atoms with E-state index < -0.39 is 17.8 Å². The van der Waals surface area contributed by atoms with Crippen molar-refractivity contribution in [2.75, 3.05) is 12.3 Å². The zero-order valence-corrected chi connectivity index (χ0v) is 17.2. The van der Waals surface area contributed by atoms with Crippen molar-refractivity contribution in [3.8, 4) is 0 Å². The molecule has 4 atom stereocenters. The Bertz CT molecular complexity index is 829. The van der Waals surface area contributed by atoms with Gasteiger partial charge in [0.05, 0.1) is 24.3 Å². The molecule has 1 aromatic rings. The number of halogens is 1. The molecule has 0 spiro atoms. The maximum absolute atomic E-state index is 13.5. The number of fused-ring (bicyclic) bond motifs is 1. The predicted octanol–water partition coefficient (Wildman–Crippen LogP) is 2.49. The number of anilines is 1. The molecule has 1 saturated heterocycles. The number of nitrogens with zero attached hydrogens (tertiary/aromatic N) is 3. The van der Waals surface area contributed by atoms with Crippen molar-refractivity contribution in [1.29, 1.82) is 0 Å². The minimum Gasteiger partial charge on any atom is -0.459 e. The van der Waals surface area contributed by atoms with Gasteiger partial charge in [0.1, 0.15) is 17.4 Å². The van der Waals surface area contributed by atoms with Gasteiger partial charge in [0.2, 0.25) is 0 Å². The highest BCUT2D eigenvalue weighted by molar-refractivity contribution is 5.74. The molecule has 3 N–H and O–H groups in total. The first-order valence-corrected chi connectivity index (χ1v) is 10.7. The van der Waals surface area contributed by atoms with Crippen LogP contribution in [0.25, 0.3) is 0 Å². The van der Waals surface area contributed by atoms with Crippen LogP contribution in [0.3, 0.4) is 0 Å². The van der Waals surface area contributed by atoms with Crippen molar-refractivity contribution in [3.05, 3.63) is 11.8 Å². The van der Waals surface area contributed by atoms with E-state index in [9.17, 15) is 14.3 Å². The lowest BCUT2D eigenvalue weighted by atomic mass is 9.89. The number of hydrogen-bond acceptors (Lipinski definition) is 8. The first-order valence-electron chi connectivity index (χ1n) is 10.7. The number of carbonyl (C=O) groups is 1. The third-order valence-corrected chi connectivity index (χ3v) is 6.60. The van der Waals surface area contributed by atoms with E-state index in [1.54, 1.807) is 13.1 Å². The highest BCUT2D eigenvalue weighted by Crippen LogP contribution is 2.39. The second kappa shape index (κ2) is 8.55. The second-order valence-corrected chi connectivity index (χ2v) is 8.78. The van der Waals surface area contributed by atoms with Crippen LogP contribution in [0.15, 0.2) is 4.99 Å². The van der Waals surface area contributed by atoms with Gasteiger partial charge in [0.15, 0.2) is 5.82 Å². The van der Waals surface area contributed by atoms with Crippen LogP contribution in [0.2, 0.25) is 0 Å². The SMILES string of the molecule is C[C@]1(CO)O[C@@H](C2C=Nc3c(N)nc(F)nc3CC2)C[C@@H]1OC(=O)C1CCCCC1. The van der Waals surface area contributed by atoms with Crippen molar-refractivity contribution in [2.24, 2.45) is 16.8 Å². The molecule has 9 heteroatoms. The van der Waals surface area contributed by atoms with Gasteiger partial charge in [-0.3, -0.25) is 9.79 Å². The van der Waals surface area contributed by atoms with E-state index in [2.05, 4.69) is 15.0 Å². The molecular weight excluding hydrogens is 391 g/mol. The fourth-order valence-corrected chi connectivity index (χ4v) is 4.71. The highest BCUT2D eigenvalue weighted by atomic mass is 19.1. The average molecular weight is 420 g/mol. The van der Waals surface area contributed by atoms with E-state index >= 15 is 0 Å². The van der Waals surface area contributed by atoms with Gasteiger partial charge < -0.3 is 20.3 Å². The number of aromatic nitrogens is 2. The lowest BCUT2D eigenvalue weighted by molar-refractivity contribution is -0.168. The Kier molecular flexibility index (Phi) is 6.02. The summed E-state index contributed by atoms with van der Waals surface area (Å²) in [7, 11) is 0. The van der Waals surface area contributed by atoms with E-state index in [1.807, 2.05) is 0 Å². The standard InChI is InChI=1S/C21H29FN4O4/c1-21(11-27)16(29-19(28)12-5-3-2-4-6-12)9-15(30-21)13-7-8-14-17(24-10-13)18(23)26-20(22)25-14/h10,12-13,15-16,27H,2-9,11H2,1H3,(H2,23,25,26)/t13?,15-,16+,21-/m1/s1. The third kappa shape index (κ3) is 4.18. The number of nitrogens with two attached hydrogens (primary N) is 1. The number of aliphatic hydroxyl groups is 1. The lowest BCUT2D eigenvalue weighted by Gasteiger charge is -2.30. The second-order valence-electron chi connectivity index (χ2n) is 8.78. The molecule has 1 aliphatic carbocycles. The monoisotopic (exact) mass is 420 g/mol. The van der Waals surface area contributed by atoms with Gasteiger partial charge in [-0.25, -0.2) is 4.98 Å². The molecule has 0 radical (unpaired) electrons. The first kappa shape index (κ1) is 21.1. The molecule has 2 fully saturated rings. The molecule has 164 valence electrons. The van der Waals surface area contributed by atoms with Crippen molar-refractivity contribution in [3.63, 3.8) is 0 Å². The number of aliphatic hydroxyl groups excluding tert-OH is 1. The fourth-order valence-electron chi connectivity index (χ4n) is 4.71. The smallest absolute Gasteiger partial charge is 0.310 e. The predicted molar refractivity (Wildman–Crippen MR) is 108 cm³/mol. The van der Waals surface area contributed by atoms with Gasteiger partial charge in [0, 0.05) is 18.6 Å².